The van der Waals surface area contributed by atoms with E-state index in [1.54, 1.807) is 11.3 Å². The number of carbonyl (C=O) groups is 1. The van der Waals surface area contributed by atoms with E-state index in [9.17, 15) is 4.79 Å². The Kier molecular flexibility index (Phi) is 5.47. The zero-order chi connectivity index (χ0) is 16.1. The number of aryl methyl sites for hydroxylation is 1. The maximum absolute atomic E-state index is 12.0. The topological polar surface area (TPSA) is 32.3 Å². The molecule has 4 heteroatoms. The predicted molar refractivity (Wildman–Crippen MR) is 95.7 cm³/mol. The van der Waals surface area contributed by atoms with Crippen LogP contribution in [0.3, 0.4) is 0 Å². The minimum atomic E-state index is 0.155. The van der Waals surface area contributed by atoms with Crippen LogP contribution in [0.1, 0.15) is 29.3 Å². The molecule has 122 valence electrons. The van der Waals surface area contributed by atoms with Crippen molar-refractivity contribution in [2.75, 3.05) is 13.1 Å². The molecule has 1 unspecified atom stereocenters. The zero-order valence-electron chi connectivity index (χ0n) is 13.6. The molecule has 0 saturated heterocycles. The third-order valence-corrected chi connectivity index (χ3v) is 5.49. The van der Waals surface area contributed by atoms with Gasteiger partial charge in [0, 0.05) is 37.0 Å². The van der Waals surface area contributed by atoms with Gasteiger partial charge in [-0.1, -0.05) is 30.3 Å². The second kappa shape index (κ2) is 7.75. The number of benzene rings is 1. The number of nitrogens with zero attached hydrogens (tertiary/aromatic N) is 1. The van der Waals surface area contributed by atoms with Crippen molar-refractivity contribution in [1.82, 2.24) is 10.2 Å². The predicted octanol–water partition coefficient (Wildman–Crippen LogP) is 3.24. The molecule has 2 heterocycles. The monoisotopic (exact) mass is 328 g/mol. The van der Waals surface area contributed by atoms with Crippen molar-refractivity contribution in [3.05, 3.63) is 57.8 Å². The van der Waals surface area contributed by atoms with Gasteiger partial charge in [0.2, 0.25) is 5.91 Å². The first kappa shape index (κ1) is 16.2. The molecule has 0 spiro atoms. The Labute approximate surface area is 142 Å². The van der Waals surface area contributed by atoms with Gasteiger partial charge < -0.3 is 5.32 Å². The van der Waals surface area contributed by atoms with E-state index in [4.69, 9.17) is 0 Å². The van der Waals surface area contributed by atoms with Gasteiger partial charge in [-0.05, 0) is 42.3 Å². The van der Waals surface area contributed by atoms with Crippen molar-refractivity contribution in [2.24, 2.45) is 0 Å². The fourth-order valence-electron chi connectivity index (χ4n) is 3.06. The molecule has 0 bridgehead atoms. The van der Waals surface area contributed by atoms with Gasteiger partial charge in [-0.15, -0.1) is 11.3 Å². The smallest absolute Gasteiger partial charge is 0.220 e. The van der Waals surface area contributed by atoms with Gasteiger partial charge in [0.1, 0.15) is 0 Å². The summed E-state index contributed by atoms with van der Waals surface area (Å²) >= 11 is 1.72. The van der Waals surface area contributed by atoms with Crippen molar-refractivity contribution >= 4 is 17.2 Å². The molecular weight excluding hydrogens is 304 g/mol. The summed E-state index contributed by atoms with van der Waals surface area (Å²) in [7, 11) is 0. The first-order chi connectivity index (χ1) is 11.2. The van der Waals surface area contributed by atoms with Crippen LogP contribution in [0.4, 0.5) is 0 Å². The summed E-state index contributed by atoms with van der Waals surface area (Å²) in [6.45, 7) is 4.99. The average molecular weight is 328 g/mol. The average Bonchev–Trinajstić information content (AvgIpc) is 3.11. The number of thiophene rings is 1. The number of amides is 1. The Morgan fingerprint density at radius 1 is 1.26 bits per heavy atom. The zero-order valence-corrected chi connectivity index (χ0v) is 14.4. The van der Waals surface area contributed by atoms with Crippen molar-refractivity contribution in [3.8, 4) is 0 Å². The normalized spacial score (nSPS) is 15.9. The first-order valence-corrected chi connectivity index (χ1v) is 9.20. The number of hydrogen-bond donors (Lipinski definition) is 1. The molecule has 0 aliphatic carbocycles. The first-order valence-electron chi connectivity index (χ1n) is 8.32. The number of hydrogen-bond acceptors (Lipinski definition) is 3. The highest BCUT2D eigenvalue weighted by Crippen LogP contribution is 2.20. The molecule has 1 aliphatic rings. The van der Waals surface area contributed by atoms with Gasteiger partial charge in [0.15, 0.2) is 0 Å². The van der Waals surface area contributed by atoms with E-state index in [2.05, 4.69) is 52.9 Å². The second-order valence-corrected chi connectivity index (χ2v) is 7.25. The van der Waals surface area contributed by atoms with Crippen LogP contribution >= 0.6 is 11.3 Å². The van der Waals surface area contributed by atoms with E-state index in [1.165, 1.54) is 16.0 Å². The van der Waals surface area contributed by atoms with Gasteiger partial charge in [-0.3, -0.25) is 9.69 Å². The van der Waals surface area contributed by atoms with E-state index < -0.39 is 0 Å². The molecule has 0 fully saturated rings. The standard InChI is InChI=1S/C19H24N2OS/c1-15(13-20-19(22)9-8-18-7-4-12-23-18)21-11-10-16-5-2-3-6-17(16)14-21/h2-7,12,15H,8-11,13-14H2,1H3,(H,20,22). The molecule has 0 radical (unpaired) electrons. The van der Waals surface area contributed by atoms with Crippen molar-refractivity contribution < 1.29 is 4.79 Å². The highest BCUT2D eigenvalue weighted by Gasteiger charge is 2.20. The summed E-state index contributed by atoms with van der Waals surface area (Å²) in [6, 6.07) is 13.2. The quantitative estimate of drug-likeness (QED) is 0.883. The molecule has 3 nitrogen and oxygen atoms in total. The minimum absolute atomic E-state index is 0.155. The lowest BCUT2D eigenvalue weighted by Crippen LogP contribution is -2.44. The van der Waals surface area contributed by atoms with Crippen LogP contribution in [0.25, 0.3) is 0 Å². The van der Waals surface area contributed by atoms with E-state index in [1.807, 2.05) is 6.07 Å². The Hall–Kier alpha value is -1.65. The van der Waals surface area contributed by atoms with Crippen molar-refractivity contribution in [3.63, 3.8) is 0 Å². The molecule has 0 saturated carbocycles. The fraction of sp³-hybridized carbons (Fsp3) is 0.421. The summed E-state index contributed by atoms with van der Waals surface area (Å²) in [4.78, 5) is 15.7. The molecule has 2 aromatic rings. The number of fused-ring (bicyclic) bond motifs is 1. The third-order valence-electron chi connectivity index (χ3n) is 4.56. The number of nitrogens with one attached hydrogen (secondary N) is 1. The van der Waals surface area contributed by atoms with Crippen LogP contribution in [0.5, 0.6) is 0 Å². The van der Waals surface area contributed by atoms with Crippen LogP contribution in [-0.2, 0) is 24.2 Å². The van der Waals surface area contributed by atoms with Gasteiger partial charge in [-0.25, -0.2) is 0 Å². The van der Waals surface area contributed by atoms with Gasteiger partial charge in [0.25, 0.3) is 0 Å². The second-order valence-electron chi connectivity index (χ2n) is 6.22. The van der Waals surface area contributed by atoms with Crippen LogP contribution in [0.2, 0.25) is 0 Å². The summed E-state index contributed by atoms with van der Waals surface area (Å²) in [5.74, 6) is 0.155. The lowest BCUT2D eigenvalue weighted by Gasteiger charge is -2.33. The van der Waals surface area contributed by atoms with E-state index in [0.717, 1.165) is 32.5 Å². The minimum Gasteiger partial charge on any atom is -0.355 e. The third kappa shape index (κ3) is 4.43. The Morgan fingerprint density at radius 2 is 2.09 bits per heavy atom. The van der Waals surface area contributed by atoms with Crippen LogP contribution in [-0.4, -0.2) is 29.9 Å². The van der Waals surface area contributed by atoms with Gasteiger partial charge in [0.05, 0.1) is 0 Å². The van der Waals surface area contributed by atoms with Crippen LogP contribution in [0, 0.1) is 0 Å². The molecule has 1 aromatic carbocycles. The lowest BCUT2D eigenvalue weighted by atomic mass is 9.99. The summed E-state index contributed by atoms with van der Waals surface area (Å²) in [5.41, 5.74) is 2.89. The summed E-state index contributed by atoms with van der Waals surface area (Å²) in [6.07, 6.45) is 2.53. The largest absolute Gasteiger partial charge is 0.355 e. The van der Waals surface area contributed by atoms with Crippen LogP contribution in [0.15, 0.2) is 41.8 Å². The Morgan fingerprint density at radius 3 is 2.87 bits per heavy atom. The van der Waals surface area contributed by atoms with E-state index in [0.29, 0.717) is 12.5 Å². The SMILES string of the molecule is CC(CNC(=O)CCc1cccs1)N1CCc2ccccc2C1. The Balaban J connectivity index is 1.43. The molecule has 1 aliphatic heterocycles. The maximum Gasteiger partial charge on any atom is 0.220 e. The highest BCUT2D eigenvalue weighted by atomic mass is 32.1. The molecule has 3 rings (SSSR count). The van der Waals surface area contributed by atoms with Crippen molar-refractivity contribution in [1.29, 1.82) is 0 Å². The van der Waals surface area contributed by atoms with Gasteiger partial charge in [-0.2, -0.15) is 0 Å². The molecule has 1 aromatic heterocycles. The maximum atomic E-state index is 12.0. The number of carbonyl (C=O) groups excluding carboxylic acids is 1. The van der Waals surface area contributed by atoms with E-state index in [-0.39, 0.29) is 5.91 Å². The molecule has 23 heavy (non-hydrogen) atoms. The van der Waals surface area contributed by atoms with Gasteiger partial charge >= 0.3 is 0 Å². The molecule has 1 amide bonds. The van der Waals surface area contributed by atoms with E-state index >= 15 is 0 Å². The molecule has 1 N–H and O–H groups in total. The molecular formula is C19H24N2OS. The summed E-state index contributed by atoms with van der Waals surface area (Å²) in [5, 5.41) is 5.15. The summed E-state index contributed by atoms with van der Waals surface area (Å²) < 4.78 is 0. The lowest BCUT2D eigenvalue weighted by molar-refractivity contribution is -0.121. The molecule has 1 atom stereocenters. The fourth-order valence-corrected chi connectivity index (χ4v) is 3.77. The highest BCUT2D eigenvalue weighted by molar-refractivity contribution is 7.09. The Bertz CT molecular complexity index is 639. The number of rotatable bonds is 6. The van der Waals surface area contributed by atoms with Crippen molar-refractivity contribution in [2.45, 2.75) is 38.8 Å². The van der Waals surface area contributed by atoms with Crippen LogP contribution < -0.4 is 5.32 Å².